The van der Waals surface area contributed by atoms with Crippen molar-refractivity contribution >= 4 is 5.97 Å². The van der Waals surface area contributed by atoms with E-state index in [2.05, 4.69) is 0 Å². The maximum absolute atomic E-state index is 12.2. The lowest BCUT2D eigenvalue weighted by Crippen LogP contribution is -2.36. The first-order chi connectivity index (χ1) is 10.4. The van der Waals surface area contributed by atoms with Crippen LogP contribution < -0.4 is 0 Å². The second kappa shape index (κ2) is 8.52. The van der Waals surface area contributed by atoms with Gasteiger partial charge in [-0.1, -0.05) is 20.8 Å². The normalized spacial score (nSPS) is 12.5. The third-order valence-electron chi connectivity index (χ3n) is 3.17. The first kappa shape index (κ1) is 18.1. The summed E-state index contributed by atoms with van der Waals surface area (Å²) in [5.41, 5.74) is 0.687. The number of methoxy groups -OCH3 is 1. The van der Waals surface area contributed by atoms with Crippen molar-refractivity contribution in [3.05, 3.63) is 35.4 Å². The van der Waals surface area contributed by atoms with Crippen molar-refractivity contribution in [2.24, 2.45) is 5.41 Å². The van der Waals surface area contributed by atoms with Crippen molar-refractivity contribution in [3.63, 3.8) is 0 Å². The van der Waals surface area contributed by atoms with E-state index in [0.29, 0.717) is 30.9 Å². The van der Waals surface area contributed by atoms with Gasteiger partial charge in [0.25, 0.3) is 0 Å². The van der Waals surface area contributed by atoms with E-state index in [4.69, 9.17) is 19.5 Å². The summed E-state index contributed by atoms with van der Waals surface area (Å²) >= 11 is 0. The molecule has 5 nitrogen and oxygen atoms in total. The van der Waals surface area contributed by atoms with Crippen LogP contribution >= 0.6 is 0 Å². The molecule has 1 aromatic rings. The molecule has 0 N–H and O–H groups in total. The molecule has 0 amide bonds. The Morgan fingerprint density at radius 1 is 1.23 bits per heavy atom. The van der Waals surface area contributed by atoms with E-state index in [1.807, 2.05) is 26.8 Å². The Bertz CT molecular complexity index is 511. The minimum Gasteiger partial charge on any atom is -0.456 e. The van der Waals surface area contributed by atoms with Crippen LogP contribution in [0, 0.1) is 16.7 Å². The molecule has 0 unspecified atom stereocenters. The number of hydrogen-bond acceptors (Lipinski definition) is 5. The standard InChI is InChI=1S/C17H23NO4/c1-17(2,3)15(12-21-10-9-20-4)22-16(19)14-7-5-13(11-18)6-8-14/h5-8,15H,9-10,12H2,1-4H3/t15-/m0/s1. The highest BCUT2D eigenvalue weighted by molar-refractivity contribution is 5.89. The van der Waals surface area contributed by atoms with Crippen molar-refractivity contribution in [1.29, 1.82) is 5.26 Å². The summed E-state index contributed by atoms with van der Waals surface area (Å²) in [5.74, 6) is -0.417. The summed E-state index contributed by atoms with van der Waals surface area (Å²) in [6, 6.07) is 8.38. The molecular weight excluding hydrogens is 282 g/mol. The summed E-state index contributed by atoms with van der Waals surface area (Å²) in [4.78, 5) is 12.2. The van der Waals surface area contributed by atoms with Gasteiger partial charge in [0.1, 0.15) is 6.10 Å². The average Bonchev–Trinajstić information content (AvgIpc) is 2.49. The first-order valence-electron chi connectivity index (χ1n) is 7.16. The van der Waals surface area contributed by atoms with Crippen molar-refractivity contribution in [2.75, 3.05) is 26.9 Å². The van der Waals surface area contributed by atoms with Crippen LogP contribution in [0.15, 0.2) is 24.3 Å². The fourth-order valence-electron chi connectivity index (χ4n) is 1.67. The van der Waals surface area contributed by atoms with Gasteiger partial charge in [-0.2, -0.15) is 5.26 Å². The minimum absolute atomic E-state index is 0.241. The van der Waals surface area contributed by atoms with Crippen molar-refractivity contribution in [3.8, 4) is 6.07 Å². The number of rotatable bonds is 7. The Kier molecular flexibility index (Phi) is 7.03. The maximum atomic E-state index is 12.2. The highest BCUT2D eigenvalue weighted by Crippen LogP contribution is 2.24. The van der Waals surface area contributed by atoms with Gasteiger partial charge in [0, 0.05) is 12.5 Å². The molecule has 0 aliphatic heterocycles. The van der Waals surface area contributed by atoms with Crippen molar-refractivity contribution in [2.45, 2.75) is 26.9 Å². The first-order valence-corrected chi connectivity index (χ1v) is 7.16. The van der Waals surface area contributed by atoms with Gasteiger partial charge in [0.15, 0.2) is 0 Å². The van der Waals surface area contributed by atoms with Gasteiger partial charge < -0.3 is 14.2 Å². The van der Waals surface area contributed by atoms with Crippen LogP contribution in [-0.2, 0) is 14.2 Å². The predicted molar refractivity (Wildman–Crippen MR) is 82.5 cm³/mol. The van der Waals surface area contributed by atoms with E-state index >= 15 is 0 Å². The smallest absolute Gasteiger partial charge is 0.338 e. The highest BCUT2D eigenvalue weighted by Gasteiger charge is 2.29. The molecule has 0 aromatic heterocycles. The number of esters is 1. The van der Waals surface area contributed by atoms with Gasteiger partial charge in [0.05, 0.1) is 37.0 Å². The lowest BCUT2D eigenvalue weighted by atomic mass is 9.89. The molecule has 1 aromatic carbocycles. The zero-order chi connectivity index (χ0) is 16.6. The van der Waals surface area contributed by atoms with E-state index in [0.717, 1.165) is 0 Å². The van der Waals surface area contributed by atoms with E-state index in [1.165, 1.54) is 0 Å². The average molecular weight is 305 g/mol. The van der Waals surface area contributed by atoms with Crippen LogP contribution in [0.1, 0.15) is 36.7 Å². The molecule has 0 aliphatic rings. The third-order valence-corrected chi connectivity index (χ3v) is 3.17. The Morgan fingerprint density at radius 3 is 2.36 bits per heavy atom. The largest absolute Gasteiger partial charge is 0.456 e. The molecule has 0 radical (unpaired) electrons. The lowest BCUT2D eigenvalue weighted by Gasteiger charge is -2.30. The van der Waals surface area contributed by atoms with E-state index in [1.54, 1.807) is 31.4 Å². The molecule has 22 heavy (non-hydrogen) atoms. The Balaban J connectivity index is 2.67. The number of nitriles is 1. The molecule has 0 aliphatic carbocycles. The van der Waals surface area contributed by atoms with Crippen molar-refractivity contribution < 1.29 is 19.0 Å². The number of benzene rings is 1. The quantitative estimate of drug-likeness (QED) is 0.572. The van der Waals surface area contributed by atoms with Crippen LogP contribution in [0.3, 0.4) is 0 Å². The van der Waals surface area contributed by atoms with E-state index in [-0.39, 0.29) is 11.5 Å². The summed E-state index contributed by atoms with van der Waals surface area (Å²) in [5, 5.41) is 8.77. The Hall–Kier alpha value is -1.90. The van der Waals surface area contributed by atoms with Crippen LogP contribution in [-0.4, -0.2) is 39.0 Å². The Morgan fingerprint density at radius 2 is 1.86 bits per heavy atom. The topological polar surface area (TPSA) is 68.6 Å². The number of ether oxygens (including phenoxy) is 3. The van der Waals surface area contributed by atoms with Gasteiger partial charge in [-0.15, -0.1) is 0 Å². The van der Waals surface area contributed by atoms with Crippen LogP contribution in [0.2, 0.25) is 0 Å². The van der Waals surface area contributed by atoms with E-state index < -0.39 is 5.97 Å². The van der Waals surface area contributed by atoms with Gasteiger partial charge >= 0.3 is 5.97 Å². The number of hydrogen-bond donors (Lipinski definition) is 0. The van der Waals surface area contributed by atoms with Crippen molar-refractivity contribution in [1.82, 2.24) is 0 Å². The van der Waals surface area contributed by atoms with Gasteiger partial charge in [-0.25, -0.2) is 4.79 Å². The molecule has 0 saturated carbocycles. The highest BCUT2D eigenvalue weighted by atomic mass is 16.6. The molecule has 0 spiro atoms. The van der Waals surface area contributed by atoms with Gasteiger partial charge in [-0.05, 0) is 24.3 Å². The molecule has 1 rings (SSSR count). The number of nitrogens with zero attached hydrogens (tertiary/aromatic N) is 1. The Labute approximate surface area is 131 Å². The summed E-state index contributed by atoms with van der Waals surface area (Å²) < 4.78 is 16.0. The van der Waals surface area contributed by atoms with Gasteiger partial charge in [-0.3, -0.25) is 0 Å². The molecule has 5 heteroatoms. The van der Waals surface area contributed by atoms with Gasteiger partial charge in [0.2, 0.25) is 0 Å². The molecule has 0 saturated heterocycles. The second-order valence-corrected chi connectivity index (χ2v) is 6.02. The third kappa shape index (κ3) is 5.84. The van der Waals surface area contributed by atoms with Crippen LogP contribution in [0.25, 0.3) is 0 Å². The second-order valence-electron chi connectivity index (χ2n) is 6.02. The van der Waals surface area contributed by atoms with E-state index in [9.17, 15) is 4.79 Å². The molecule has 120 valence electrons. The van der Waals surface area contributed by atoms with Crippen LogP contribution in [0.4, 0.5) is 0 Å². The van der Waals surface area contributed by atoms with Crippen LogP contribution in [0.5, 0.6) is 0 Å². The number of carbonyl (C=O) groups is 1. The SMILES string of the molecule is COCCOC[C@H](OC(=O)c1ccc(C#N)cc1)C(C)(C)C. The monoisotopic (exact) mass is 305 g/mol. The predicted octanol–water partition coefficient (Wildman–Crippen LogP) is 2.79. The molecule has 0 heterocycles. The molecular formula is C17H23NO4. The maximum Gasteiger partial charge on any atom is 0.338 e. The zero-order valence-corrected chi connectivity index (χ0v) is 13.6. The summed E-state index contributed by atoms with van der Waals surface area (Å²) in [6.07, 6.45) is -0.368. The summed E-state index contributed by atoms with van der Waals surface area (Å²) in [7, 11) is 1.61. The molecule has 1 atom stereocenters. The minimum atomic E-state index is -0.417. The fraction of sp³-hybridized carbons (Fsp3) is 0.529. The zero-order valence-electron chi connectivity index (χ0n) is 13.6. The molecule has 0 bridgehead atoms. The number of carbonyl (C=O) groups excluding carboxylic acids is 1. The lowest BCUT2D eigenvalue weighted by molar-refractivity contribution is -0.0511. The summed E-state index contributed by atoms with van der Waals surface area (Å²) in [6.45, 7) is 7.24. The molecule has 0 fully saturated rings. The fourth-order valence-corrected chi connectivity index (χ4v) is 1.67.